The Bertz CT molecular complexity index is 454. The van der Waals surface area contributed by atoms with Crippen molar-refractivity contribution >= 4 is 18.3 Å². The van der Waals surface area contributed by atoms with Crippen molar-refractivity contribution in [3.8, 4) is 0 Å². The molecule has 4 heteroatoms. The molecule has 0 aromatic heterocycles. The van der Waals surface area contributed by atoms with Crippen LogP contribution in [0.3, 0.4) is 0 Å². The summed E-state index contributed by atoms with van der Waals surface area (Å²) < 4.78 is 0. The summed E-state index contributed by atoms with van der Waals surface area (Å²) >= 11 is 0. The Morgan fingerprint density at radius 2 is 2.05 bits per heavy atom. The van der Waals surface area contributed by atoms with Gasteiger partial charge in [-0.2, -0.15) is 0 Å². The molecule has 2 N–H and O–H groups in total. The Kier molecular flexibility index (Phi) is 5.44. The van der Waals surface area contributed by atoms with Crippen LogP contribution in [0.2, 0.25) is 0 Å². The molecule has 1 saturated carbocycles. The quantitative estimate of drug-likeness (QED) is 0.900. The highest BCUT2D eigenvalue weighted by Crippen LogP contribution is 2.24. The average Bonchev–Trinajstić information content (AvgIpc) is 2.44. The number of halogens is 1. The minimum absolute atomic E-state index is 0. The van der Waals surface area contributed by atoms with Gasteiger partial charge in [0, 0.05) is 18.2 Å². The van der Waals surface area contributed by atoms with Gasteiger partial charge >= 0.3 is 0 Å². The fourth-order valence-corrected chi connectivity index (χ4v) is 2.89. The lowest BCUT2D eigenvalue weighted by atomic mass is 9.90. The molecular formula is C16H23ClN2O. The Hall–Kier alpha value is -1.06. The number of amides is 1. The lowest BCUT2D eigenvalue weighted by Crippen LogP contribution is -2.39. The molecular weight excluding hydrogens is 272 g/mol. The van der Waals surface area contributed by atoms with Crippen LogP contribution >= 0.6 is 12.4 Å². The van der Waals surface area contributed by atoms with E-state index in [2.05, 4.69) is 22.8 Å². The van der Waals surface area contributed by atoms with E-state index in [-0.39, 0.29) is 18.3 Å². The Morgan fingerprint density at radius 1 is 1.20 bits per heavy atom. The summed E-state index contributed by atoms with van der Waals surface area (Å²) in [6.45, 7) is 2.16. The fourth-order valence-electron chi connectivity index (χ4n) is 2.89. The summed E-state index contributed by atoms with van der Waals surface area (Å²) in [5.74, 6) is 0.653. The van der Waals surface area contributed by atoms with Crippen molar-refractivity contribution in [2.24, 2.45) is 0 Å². The van der Waals surface area contributed by atoms with Gasteiger partial charge in [-0.1, -0.05) is 12.1 Å². The van der Waals surface area contributed by atoms with Crippen LogP contribution in [0.15, 0.2) is 24.3 Å². The summed E-state index contributed by atoms with van der Waals surface area (Å²) in [6, 6.07) is 8.57. The predicted octanol–water partition coefficient (Wildman–Crippen LogP) is 2.86. The Labute approximate surface area is 126 Å². The van der Waals surface area contributed by atoms with Gasteiger partial charge in [0.25, 0.3) is 5.91 Å². The van der Waals surface area contributed by atoms with Crippen molar-refractivity contribution in [3.05, 3.63) is 35.4 Å². The molecule has 20 heavy (non-hydrogen) atoms. The van der Waals surface area contributed by atoms with Crippen molar-refractivity contribution in [3.63, 3.8) is 0 Å². The molecule has 1 aromatic rings. The highest BCUT2D eigenvalue weighted by molar-refractivity contribution is 5.94. The zero-order valence-corrected chi connectivity index (χ0v) is 12.5. The van der Waals surface area contributed by atoms with Gasteiger partial charge in [-0.05, 0) is 62.3 Å². The number of hydrogen-bond acceptors (Lipinski definition) is 2. The first-order valence-electron chi connectivity index (χ1n) is 7.44. The summed E-state index contributed by atoms with van der Waals surface area (Å²) in [5, 5.41) is 6.54. The highest BCUT2D eigenvalue weighted by atomic mass is 35.5. The van der Waals surface area contributed by atoms with E-state index >= 15 is 0 Å². The second kappa shape index (κ2) is 7.09. The van der Waals surface area contributed by atoms with Gasteiger partial charge in [0.15, 0.2) is 0 Å². The first kappa shape index (κ1) is 15.3. The van der Waals surface area contributed by atoms with E-state index < -0.39 is 0 Å². The third kappa shape index (κ3) is 3.53. The Balaban J connectivity index is 0.00000147. The number of nitrogens with one attached hydrogen (secondary N) is 2. The lowest BCUT2D eigenvalue weighted by Gasteiger charge is -2.27. The molecule has 1 amide bonds. The topological polar surface area (TPSA) is 41.1 Å². The van der Waals surface area contributed by atoms with Crippen LogP contribution < -0.4 is 10.6 Å². The maximum atomic E-state index is 12.2. The van der Waals surface area contributed by atoms with Gasteiger partial charge in [0.1, 0.15) is 0 Å². The number of carbonyl (C=O) groups excluding carboxylic acids is 1. The summed E-state index contributed by atoms with van der Waals surface area (Å²) in [7, 11) is 0. The first-order chi connectivity index (χ1) is 9.33. The molecule has 110 valence electrons. The maximum Gasteiger partial charge on any atom is 0.251 e. The molecule has 1 atom stereocenters. The number of hydrogen-bond donors (Lipinski definition) is 2. The van der Waals surface area contributed by atoms with E-state index in [0.29, 0.717) is 12.0 Å². The molecule has 1 unspecified atom stereocenters. The van der Waals surface area contributed by atoms with Gasteiger partial charge in [0.05, 0.1) is 0 Å². The lowest BCUT2D eigenvalue weighted by molar-refractivity contribution is 0.0917. The molecule has 3 nitrogen and oxygen atoms in total. The summed E-state index contributed by atoms with van der Waals surface area (Å²) in [5.41, 5.74) is 2.11. The third-order valence-electron chi connectivity index (χ3n) is 4.36. The van der Waals surface area contributed by atoms with E-state index in [1.807, 2.05) is 12.1 Å². The van der Waals surface area contributed by atoms with E-state index in [1.165, 1.54) is 24.8 Å². The van der Waals surface area contributed by atoms with Gasteiger partial charge in [-0.3, -0.25) is 4.79 Å². The predicted molar refractivity (Wildman–Crippen MR) is 83.6 cm³/mol. The van der Waals surface area contributed by atoms with Crippen LogP contribution in [0.25, 0.3) is 0 Å². The van der Waals surface area contributed by atoms with Crippen molar-refractivity contribution in [2.75, 3.05) is 13.1 Å². The largest absolute Gasteiger partial charge is 0.349 e. The normalized spacial score (nSPS) is 22.5. The fraction of sp³-hybridized carbons (Fsp3) is 0.562. The van der Waals surface area contributed by atoms with E-state index in [9.17, 15) is 4.79 Å². The second-order valence-corrected chi connectivity index (χ2v) is 5.77. The molecule has 0 bridgehead atoms. The molecule has 2 aliphatic rings. The van der Waals surface area contributed by atoms with Crippen LogP contribution in [0.5, 0.6) is 0 Å². The van der Waals surface area contributed by atoms with Crippen molar-refractivity contribution in [2.45, 2.75) is 44.1 Å². The van der Waals surface area contributed by atoms with Crippen LogP contribution in [0.4, 0.5) is 0 Å². The molecule has 1 aromatic carbocycles. The van der Waals surface area contributed by atoms with E-state index in [0.717, 1.165) is 31.5 Å². The summed E-state index contributed by atoms with van der Waals surface area (Å²) in [4.78, 5) is 12.2. The Morgan fingerprint density at radius 3 is 2.70 bits per heavy atom. The molecule has 0 spiro atoms. The van der Waals surface area contributed by atoms with E-state index in [1.54, 1.807) is 0 Å². The van der Waals surface area contributed by atoms with Crippen LogP contribution in [0.1, 0.15) is 53.9 Å². The molecule has 2 fully saturated rings. The van der Waals surface area contributed by atoms with E-state index in [4.69, 9.17) is 0 Å². The number of piperidine rings is 1. The van der Waals surface area contributed by atoms with Crippen molar-refractivity contribution < 1.29 is 4.79 Å². The van der Waals surface area contributed by atoms with Crippen LogP contribution in [-0.4, -0.2) is 25.0 Å². The monoisotopic (exact) mass is 294 g/mol. The van der Waals surface area contributed by atoms with Gasteiger partial charge in [-0.15, -0.1) is 12.4 Å². The molecule has 1 saturated heterocycles. The standard InChI is InChI=1S/C16H22N2O.ClH/c19-16(18-15-7-2-8-15)13-5-1-4-12(10-13)14-6-3-9-17-11-14;/h1,4-5,10,14-15,17H,2-3,6-9,11H2,(H,18,19);1H. The first-order valence-corrected chi connectivity index (χ1v) is 7.44. The molecule has 3 rings (SSSR count). The van der Waals surface area contributed by atoms with Crippen molar-refractivity contribution in [1.29, 1.82) is 0 Å². The van der Waals surface area contributed by atoms with Gasteiger partial charge < -0.3 is 10.6 Å². The maximum absolute atomic E-state index is 12.2. The molecule has 1 aliphatic carbocycles. The molecule has 0 radical (unpaired) electrons. The SMILES string of the molecule is Cl.O=C(NC1CCC1)c1cccc(C2CCCNC2)c1. The zero-order valence-electron chi connectivity index (χ0n) is 11.7. The summed E-state index contributed by atoms with van der Waals surface area (Å²) in [6.07, 6.45) is 5.97. The van der Waals surface area contributed by atoms with Gasteiger partial charge in [0.2, 0.25) is 0 Å². The number of benzene rings is 1. The van der Waals surface area contributed by atoms with Crippen LogP contribution in [0, 0.1) is 0 Å². The molecule has 1 aliphatic heterocycles. The van der Waals surface area contributed by atoms with Gasteiger partial charge in [-0.25, -0.2) is 0 Å². The van der Waals surface area contributed by atoms with Crippen LogP contribution in [-0.2, 0) is 0 Å². The second-order valence-electron chi connectivity index (χ2n) is 5.77. The van der Waals surface area contributed by atoms with Crippen molar-refractivity contribution in [1.82, 2.24) is 10.6 Å². The average molecular weight is 295 g/mol. The highest BCUT2D eigenvalue weighted by Gasteiger charge is 2.21. The minimum Gasteiger partial charge on any atom is -0.349 e. The smallest absolute Gasteiger partial charge is 0.251 e. The molecule has 1 heterocycles. The number of rotatable bonds is 3. The minimum atomic E-state index is 0. The number of carbonyl (C=O) groups is 1. The zero-order chi connectivity index (χ0) is 13.1. The third-order valence-corrected chi connectivity index (χ3v) is 4.36.